The molecule has 90 valence electrons. The molecule has 2 N–H and O–H groups in total. The monoisotopic (exact) mass is 251 g/mol. The van der Waals surface area contributed by atoms with Gasteiger partial charge in [0.25, 0.3) is 0 Å². The van der Waals surface area contributed by atoms with Gasteiger partial charge in [-0.1, -0.05) is 11.2 Å². The van der Waals surface area contributed by atoms with Crippen LogP contribution in [0, 0.1) is 0 Å². The molecule has 0 aromatic carbocycles. The summed E-state index contributed by atoms with van der Waals surface area (Å²) in [7, 11) is 0. The lowest BCUT2D eigenvalue weighted by Gasteiger charge is -2.01. The number of thiophene rings is 1. The molecule has 2 aromatic rings. The molecule has 2 unspecified atom stereocenters. The molecule has 0 aliphatic carbocycles. The van der Waals surface area contributed by atoms with Crippen molar-refractivity contribution in [2.24, 2.45) is 0 Å². The summed E-state index contributed by atoms with van der Waals surface area (Å²) in [5.41, 5.74) is 0. The van der Waals surface area contributed by atoms with Crippen LogP contribution in [0.1, 0.15) is 29.1 Å². The van der Waals surface area contributed by atoms with Crippen LogP contribution in [0.25, 0.3) is 0 Å². The third kappa shape index (κ3) is 2.38. The van der Waals surface area contributed by atoms with Gasteiger partial charge in [-0.15, -0.1) is 11.3 Å². The van der Waals surface area contributed by atoms with E-state index in [1.165, 1.54) is 4.88 Å². The van der Waals surface area contributed by atoms with E-state index in [9.17, 15) is 5.11 Å². The van der Waals surface area contributed by atoms with Gasteiger partial charge >= 0.3 is 0 Å². The number of aliphatic hydroxyl groups is 1. The first-order chi connectivity index (χ1) is 8.31. The molecule has 1 fully saturated rings. The summed E-state index contributed by atoms with van der Waals surface area (Å²) in [5.74, 6) is 1.28. The van der Waals surface area contributed by atoms with E-state index in [0.29, 0.717) is 31.1 Å². The summed E-state index contributed by atoms with van der Waals surface area (Å²) >= 11 is 1.68. The molecule has 5 nitrogen and oxygen atoms in total. The van der Waals surface area contributed by atoms with Crippen LogP contribution in [0.5, 0.6) is 0 Å². The summed E-state index contributed by atoms with van der Waals surface area (Å²) in [4.78, 5) is 5.58. The second-order valence-electron chi connectivity index (χ2n) is 4.16. The molecule has 2 atom stereocenters. The normalized spacial score (nSPS) is 24.3. The van der Waals surface area contributed by atoms with Crippen LogP contribution in [0.2, 0.25) is 0 Å². The minimum absolute atomic E-state index is 0.00501. The maximum absolute atomic E-state index is 9.42. The Kier molecular flexibility index (Phi) is 2.92. The first kappa shape index (κ1) is 10.9. The Labute approximate surface area is 102 Å². The van der Waals surface area contributed by atoms with Crippen LogP contribution >= 0.6 is 11.3 Å². The highest BCUT2D eigenvalue weighted by Crippen LogP contribution is 2.22. The predicted octanol–water partition coefficient (Wildman–Crippen LogP) is 1.12. The first-order valence-electron chi connectivity index (χ1n) is 5.57. The largest absolute Gasteiger partial charge is 0.392 e. The second kappa shape index (κ2) is 4.56. The number of β-amino-alcohol motifs (C(OH)–C–C–N with tert-alkyl or cyclic N) is 1. The summed E-state index contributed by atoms with van der Waals surface area (Å²) < 4.78 is 5.22. The summed E-state index contributed by atoms with van der Waals surface area (Å²) in [6.07, 6.45) is 1.03. The van der Waals surface area contributed by atoms with Crippen LogP contribution in [-0.2, 0) is 6.42 Å². The molecule has 2 aromatic heterocycles. The van der Waals surface area contributed by atoms with E-state index in [1.807, 2.05) is 11.4 Å². The molecule has 0 saturated carbocycles. The summed E-state index contributed by atoms with van der Waals surface area (Å²) in [5, 5.41) is 18.6. The maximum Gasteiger partial charge on any atom is 0.243 e. The molecule has 3 rings (SSSR count). The Balaban J connectivity index is 1.70. The van der Waals surface area contributed by atoms with E-state index < -0.39 is 0 Å². The molecule has 17 heavy (non-hydrogen) atoms. The van der Waals surface area contributed by atoms with Crippen molar-refractivity contribution in [3.05, 3.63) is 34.1 Å². The Bertz CT molecular complexity index is 483. The number of nitrogens with one attached hydrogen (secondary N) is 1. The molecule has 1 aliphatic rings. The average Bonchev–Trinajstić information content (AvgIpc) is 2.99. The molecule has 0 amide bonds. The van der Waals surface area contributed by atoms with Gasteiger partial charge in [0.15, 0.2) is 5.82 Å². The zero-order valence-electron chi connectivity index (χ0n) is 9.17. The standard InChI is InChI=1S/C11H13N3O2S/c15-7-4-9(12-6-7)11-13-10(14-16-11)5-8-2-1-3-17-8/h1-3,7,9,12,15H,4-6H2. The van der Waals surface area contributed by atoms with Gasteiger partial charge < -0.3 is 14.9 Å². The van der Waals surface area contributed by atoms with Crippen molar-refractivity contribution in [1.82, 2.24) is 15.5 Å². The van der Waals surface area contributed by atoms with E-state index in [1.54, 1.807) is 11.3 Å². The van der Waals surface area contributed by atoms with Crippen molar-refractivity contribution >= 4 is 11.3 Å². The van der Waals surface area contributed by atoms with E-state index in [0.717, 1.165) is 0 Å². The number of hydrogen-bond donors (Lipinski definition) is 2. The van der Waals surface area contributed by atoms with Gasteiger partial charge in [-0.25, -0.2) is 0 Å². The van der Waals surface area contributed by atoms with Crippen LogP contribution in [0.3, 0.4) is 0 Å². The molecule has 6 heteroatoms. The van der Waals surface area contributed by atoms with E-state index in [4.69, 9.17) is 4.52 Å². The fourth-order valence-corrected chi connectivity index (χ4v) is 2.66. The number of hydrogen-bond acceptors (Lipinski definition) is 6. The molecule has 0 radical (unpaired) electrons. The lowest BCUT2D eigenvalue weighted by atomic mass is 10.2. The Morgan fingerprint density at radius 3 is 3.24 bits per heavy atom. The number of aliphatic hydroxyl groups excluding tert-OH is 1. The lowest BCUT2D eigenvalue weighted by molar-refractivity contribution is 0.191. The minimum atomic E-state index is -0.312. The Hall–Kier alpha value is -1.24. The fraction of sp³-hybridized carbons (Fsp3) is 0.455. The van der Waals surface area contributed by atoms with Crippen LogP contribution in [0.15, 0.2) is 22.0 Å². The molecule has 1 aliphatic heterocycles. The van der Waals surface area contributed by atoms with Crippen LogP contribution in [-0.4, -0.2) is 27.9 Å². The van der Waals surface area contributed by atoms with Crippen molar-refractivity contribution in [3.8, 4) is 0 Å². The van der Waals surface area contributed by atoms with Crippen LogP contribution in [0.4, 0.5) is 0 Å². The van der Waals surface area contributed by atoms with Gasteiger partial charge in [0.2, 0.25) is 5.89 Å². The SMILES string of the molecule is OC1CNC(c2nc(Cc3cccs3)no2)C1. The van der Waals surface area contributed by atoms with Gasteiger partial charge in [0, 0.05) is 17.8 Å². The summed E-state index contributed by atoms with van der Waals surface area (Å²) in [6.45, 7) is 0.591. The smallest absolute Gasteiger partial charge is 0.243 e. The molecule has 0 bridgehead atoms. The van der Waals surface area contributed by atoms with E-state index >= 15 is 0 Å². The molecule has 3 heterocycles. The van der Waals surface area contributed by atoms with Gasteiger partial charge in [-0.2, -0.15) is 4.98 Å². The molecular formula is C11H13N3O2S. The number of nitrogens with zero attached hydrogens (tertiary/aromatic N) is 2. The maximum atomic E-state index is 9.42. The summed E-state index contributed by atoms with van der Waals surface area (Å²) in [6, 6.07) is 4.06. The van der Waals surface area contributed by atoms with E-state index in [2.05, 4.69) is 21.5 Å². The van der Waals surface area contributed by atoms with Crippen molar-refractivity contribution in [1.29, 1.82) is 0 Å². The average molecular weight is 251 g/mol. The fourth-order valence-electron chi connectivity index (χ4n) is 1.95. The Morgan fingerprint density at radius 2 is 2.53 bits per heavy atom. The topological polar surface area (TPSA) is 71.2 Å². The number of rotatable bonds is 3. The second-order valence-corrected chi connectivity index (χ2v) is 5.19. The van der Waals surface area contributed by atoms with Gasteiger partial charge in [0.05, 0.1) is 12.1 Å². The molecule has 0 spiro atoms. The highest BCUT2D eigenvalue weighted by molar-refractivity contribution is 7.09. The minimum Gasteiger partial charge on any atom is -0.392 e. The van der Waals surface area contributed by atoms with Crippen LogP contribution < -0.4 is 5.32 Å². The quantitative estimate of drug-likeness (QED) is 0.855. The van der Waals surface area contributed by atoms with Crippen molar-refractivity contribution in [2.75, 3.05) is 6.54 Å². The molecule has 1 saturated heterocycles. The van der Waals surface area contributed by atoms with Gasteiger partial charge in [-0.3, -0.25) is 0 Å². The highest BCUT2D eigenvalue weighted by atomic mass is 32.1. The predicted molar refractivity (Wildman–Crippen MR) is 62.8 cm³/mol. The zero-order chi connectivity index (χ0) is 11.7. The Morgan fingerprint density at radius 1 is 1.59 bits per heavy atom. The van der Waals surface area contributed by atoms with Crippen molar-refractivity contribution in [2.45, 2.75) is 25.0 Å². The first-order valence-corrected chi connectivity index (χ1v) is 6.45. The van der Waals surface area contributed by atoms with Gasteiger partial charge in [0.1, 0.15) is 0 Å². The van der Waals surface area contributed by atoms with Crippen molar-refractivity contribution in [3.63, 3.8) is 0 Å². The van der Waals surface area contributed by atoms with Crippen molar-refractivity contribution < 1.29 is 9.63 Å². The zero-order valence-corrected chi connectivity index (χ0v) is 9.98. The highest BCUT2D eigenvalue weighted by Gasteiger charge is 2.28. The number of aromatic nitrogens is 2. The van der Waals surface area contributed by atoms with E-state index in [-0.39, 0.29) is 12.1 Å². The third-order valence-corrected chi connectivity index (χ3v) is 3.68. The third-order valence-electron chi connectivity index (χ3n) is 2.80. The van der Waals surface area contributed by atoms with Gasteiger partial charge in [-0.05, 0) is 17.9 Å². The lowest BCUT2D eigenvalue weighted by Crippen LogP contribution is -2.15. The molecular weight excluding hydrogens is 238 g/mol.